The molecule has 2 aromatic rings. The summed E-state index contributed by atoms with van der Waals surface area (Å²) in [5.74, 6) is 0.781. The van der Waals surface area contributed by atoms with E-state index in [4.69, 9.17) is 11.6 Å². The molecule has 0 atom stereocenters. The van der Waals surface area contributed by atoms with Crippen LogP contribution in [0.2, 0.25) is 0 Å². The van der Waals surface area contributed by atoms with Crippen LogP contribution in [0, 0.1) is 0 Å². The zero-order valence-electron chi connectivity index (χ0n) is 12.3. The normalized spacial score (nSPS) is 10.3. The first-order valence-electron chi connectivity index (χ1n) is 7.60. The van der Waals surface area contributed by atoms with Crippen molar-refractivity contribution >= 4 is 28.7 Å². The van der Waals surface area contributed by atoms with Crippen molar-refractivity contribution in [2.75, 3.05) is 23.1 Å². The molecule has 2 rings (SSSR count). The average molecular weight is 303 g/mol. The third-order valence-corrected chi connectivity index (χ3v) is 3.60. The van der Waals surface area contributed by atoms with Gasteiger partial charge in [0.1, 0.15) is 0 Å². The van der Waals surface area contributed by atoms with Gasteiger partial charge in [-0.05, 0) is 49.2 Å². The molecule has 0 aliphatic rings. The second kappa shape index (κ2) is 9.30. The van der Waals surface area contributed by atoms with Gasteiger partial charge < -0.3 is 10.6 Å². The Labute approximate surface area is 132 Å². The molecule has 21 heavy (non-hydrogen) atoms. The van der Waals surface area contributed by atoms with Crippen molar-refractivity contribution in [3.05, 3.63) is 54.6 Å². The molecule has 0 fully saturated rings. The summed E-state index contributed by atoms with van der Waals surface area (Å²) in [6.07, 6.45) is 4.79. The molecule has 0 radical (unpaired) electrons. The number of unbranched alkanes of at least 4 members (excludes halogenated alkanes) is 3. The Kier molecular flexibility index (Phi) is 6.96. The highest BCUT2D eigenvalue weighted by atomic mass is 35.5. The fraction of sp³-hybridized carbons (Fsp3) is 0.333. The standard InChI is InChI=1S/C18H23ClN2/c19-14-6-1-2-7-15-20-16-10-12-18(13-11-16)21-17-8-4-3-5-9-17/h3-5,8-13,20-21H,1-2,6-7,14-15H2. The molecular weight excluding hydrogens is 280 g/mol. The first kappa shape index (κ1) is 15.7. The molecule has 0 bridgehead atoms. The lowest BCUT2D eigenvalue weighted by molar-refractivity contribution is 0.687. The average Bonchev–Trinajstić information content (AvgIpc) is 2.53. The van der Waals surface area contributed by atoms with Gasteiger partial charge >= 0.3 is 0 Å². The Morgan fingerprint density at radius 3 is 2.00 bits per heavy atom. The fourth-order valence-corrected chi connectivity index (χ4v) is 2.35. The van der Waals surface area contributed by atoms with E-state index in [-0.39, 0.29) is 0 Å². The number of benzene rings is 2. The molecule has 112 valence electrons. The van der Waals surface area contributed by atoms with E-state index in [0.717, 1.165) is 30.2 Å². The van der Waals surface area contributed by atoms with Gasteiger partial charge in [0.05, 0.1) is 0 Å². The number of anilines is 3. The van der Waals surface area contributed by atoms with Crippen LogP contribution in [0.5, 0.6) is 0 Å². The molecule has 0 aliphatic carbocycles. The molecule has 2 nitrogen and oxygen atoms in total. The minimum Gasteiger partial charge on any atom is -0.385 e. The van der Waals surface area contributed by atoms with Gasteiger partial charge in [-0.3, -0.25) is 0 Å². The minimum atomic E-state index is 0.781. The Balaban J connectivity index is 1.72. The van der Waals surface area contributed by atoms with Crippen LogP contribution in [-0.2, 0) is 0 Å². The molecule has 3 heteroatoms. The second-order valence-electron chi connectivity index (χ2n) is 5.10. The Hall–Kier alpha value is -1.67. The third-order valence-electron chi connectivity index (χ3n) is 3.34. The number of halogens is 1. The maximum absolute atomic E-state index is 5.66. The van der Waals surface area contributed by atoms with Gasteiger partial charge in [0.15, 0.2) is 0 Å². The Morgan fingerprint density at radius 2 is 1.29 bits per heavy atom. The van der Waals surface area contributed by atoms with E-state index < -0.39 is 0 Å². The quantitative estimate of drug-likeness (QED) is 0.462. The lowest BCUT2D eigenvalue weighted by atomic mass is 10.2. The first-order valence-corrected chi connectivity index (χ1v) is 8.14. The number of rotatable bonds is 9. The van der Waals surface area contributed by atoms with E-state index in [1.165, 1.54) is 24.9 Å². The van der Waals surface area contributed by atoms with E-state index in [0.29, 0.717) is 0 Å². The smallest absolute Gasteiger partial charge is 0.0385 e. The third kappa shape index (κ3) is 6.09. The molecule has 2 N–H and O–H groups in total. The van der Waals surface area contributed by atoms with Gasteiger partial charge in [-0.1, -0.05) is 31.0 Å². The van der Waals surface area contributed by atoms with Gasteiger partial charge in [0.2, 0.25) is 0 Å². The summed E-state index contributed by atoms with van der Waals surface area (Å²) >= 11 is 5.66. The summed E-state index contributed by atoms with van der Waals surface area (Å²) in [5.41, 5.74) is 3.39. The molecule has 0 heterocycles. The second-order valence-corrected chi connectivity index (χ2v) is 5.48. The van der Waals surface area contributed by atoms with Crippen molar-refractivity contribution in [1.29, 1.82) is 0 Å². The fourth-order valence-electron chi connectivity index (χ4n) is 2.17. The van der Waals surface area contributed by atoms with E-state index in [1.54, 1.807) is 0 Å². The van der Waals surface area contributed by atoms with Crippen LogP contribution >= 0.6 is 11.6 Å². The van der Waals surface area contributed by atoms with E-state index in [1.807, 2.05) is 18.2 Å². The van der Waals surface area contributed by atoms with Gasteiger partial charge in [-0.15, -0.1) is 11.6 Å². The lowest BCUT2D eigenvalue weighted by Gasteiger charge is -2.09. The van der Waals surface area contributed by atoms with Crippen molar-refractivity contribution < 1.29 is 0 Å². The van der Waals surface area contributed by atoms with Crippen LogP contribution < -0.4 is 10.6 Å². The van der Waals surface area contributed by atoms with Crippen LogP contribution in [0.15, 0.2) is 54.6 Å². The SMILES string of the molecule is ClCCCCCCNc1ccc(Nc2ccccc2)cc1. The zero-order chi connectivity index (χ0) is 14.8. The lowest BCUT2D eigenvalue weighted by Crippen LogP contribution is -2.01. The van der Waals surface area contributed by atoms with Crippen LogP contribution in [0.4, 0.5) is 17.1 Å². The number of hydrogen-bond acceptors (Lipinski definition) is 2. The van der Waals surface area contributed by atoms with Crippen molar-refractivity contribution in [3.8, 4) is 0 Å². The van der Waals surface area contributed by atoms with Crippen LogP contribution in [0.1, 0.15) is 25.7 Å². The summed E-state index contributed by atoms with van der Waals surface area (Å²) in [6, 6.07) is 18.6. The predicted octanol–water partition coefficient (Wildman–Crippen LogP) is 5.64. The van der Waals surface area contributed by atoms with E-state index >= 15 is 0 Å². The molecular formula is C18H23ClN2. The van der Waals surface area contributed by atoms with E-state index in [9.17, 15) is 0 Å². The molecule has 0 amide bonds. The Morgan fingerprint density at radius 1 is 0.667 bits per heavy atom. The summed E-state index contributed by atoms with van der Waals surface area (Å²) in [4.78, 5) is 0. The molecule has 0 spiro atoms. The summed E-state index contributed by atoms with van der Waals surface area (Å²) in [7, 11) is 0. The largest absolute Gasteiger partial charge is 0.385 e. The van der Waals surface area contributed by atoms with E-state index in [2.05, 4.69) is 47.0 Å². The maximum atomic E-state index is 5.66. The molecule has 0 aromatic heterocycles. The number of alkyl halides is 1. The van der Waals surface area contributed by atoms with Gasteiger partial charge in [0.25, 0.3) is 0 Å². The van der Waals surface area contributed by atoms with Crippen molar-refractivity contribution in [3.63, 3.8) is 0 Å². The molecule has 2 aromatic carbocycles. The van der Waals surface area contributed by atoms with Gasteiger partial charge in [-0.2, -0.15) is 0 Å². The Bertz CT molecular complexity index is 496. The summed E-state index contributed by atoms with van der Waals surface area (Å²) < 4.78 is 0. The predicted molar refractivity (Wildman–Crippen MR) is 93.8 cm³/mol. The maximum Gasteiger partial charge on any atom is 0.0385 e. The highest BCUT2D eigenvalue weighted by Gasteiger charge is 1.95. The highest BCUT2D eigenvalue weighted by Crippen LogP contribution is 2.18. The zero-order valence-corrected chi connectivity index (χ0v) is 13.1. The van der Waals surface area contributed by atoms with Crippen molar-refractivity contribution in [1.82, 2.24) is 0 Å². The molecule has 0 unspecified atom stereocenters. The molecule has 0 saturated heterocycles. The molecule has 0 aliphatic heterocycles. The van der Waals surface area contributed by atoms with Crippen LogP contribution in [0.3, 0.4) is 0 Å². The monoisotopic (exact) mass is 302 g/mol. The minimum absolute atomic E-state index is 0.781. The number of hydrogen-bond donors (Lipinski definition) is 2. The van der Waals surface area contributed by atoms with Gasteiger partial charge in [-0.25, -0.2) is 0 Å². The molecule has 0 saturated carbocycles. The first-order chi connectivity index (χ1) is 10.4. The number of nitrogens with one attached hydrogen (secondary N) is 2. The van der Waals surface area contributed by atoms with Gasteiger partial charge in [0, 0.05) is 29.5 Å². The van der Waals surface area contributed by atoms with Crippen LogP contribution in [0.25, 0.3) is 0 Å². The summed E-state index contributed by atoms with van der Waals surface area (Å²) in [5, 5.41) is 6.83. The summed E-state index contributed by atoms with van der Waals surface area (Å²) in [6.45, 7) is 1.02. The van der Waals surface area contributed by atoms with Crippen molar-refractivity contribution in [2.45, 2.75) is 25.7 Å². The topological polar surface area (TPSA) is 24.1 Å². The van der Waals surface area contributed by atoms with Crippen molar-refractivity contribution in [2.24, 2.45) is 0 Å². The van der Waals surface area contributed by atoms with Crippen LogP contribution in [-0.4, -0.2) is 12.4 Å². The highest BCUT2D eigenvalue weighted by molar-refractivity contribution is 6.17. The number of para-hydroxylation sites is 1.